The quantitative estimate of drug-likeness (QED) is 0.760. The number of benzene rings is 1. The van der Waals surface area contributed by atoms with Crippen LogP contribution in [-0.4, -0.2) is 13.7 Å². The molecular weight excluding hydrogens is 278 g/mol. The van der Waals surface area contributed by atoms with E-state index in [1.807, 2.05) is 11.3 Å². The van der Waals surface area contributed by atoms with Crippen LogP contribution in [0.3, 0.4) is 0 Å². The van der Waals surface area contributed by atoms with Gasteiger partial charge in [-0.2, -0.15) is 0 Å². The molecule has 2 rings (SSSR count). The first kappa shape index (κ1) is 16.1. The predicted octanol–water partition coefficient (Wildman–Crippen LogP) is 4.74. The standard InChI is InChI=1S/C18H25NOS/c1-4-19-17(9-5-7-15-8-6-12-21-15)16-13-14(2)10-11-18(16)20-3/h6,8,10-13,17,19H,4-5,7,9H2,1-3H3. The summed E-state index contributed by atoms with van der Waals surface area (Å²) in [5.74, 6) is 0.989. The summed E-state index contributed by atoms with van der Waals surface area (Å²) < 4.78 is 5.54. The summed E-state index contributed by atoms with van der Waals surface area (Å²) in [6.07, 6.45) is 3.48. The zero-order valence-electron chi connectivity index (χ0n) is 13.2. The Morgan fingerprint density at radius 1 is 1.29 bits per heavy atom. The van der Waals surface area contributed by atoms with Gasteiger partial charge in [0.25, 0.3) is 0 Å². The minimum Gasteiger partial charge on any atom is -0.496 e. The van der Waals surface area contributed by atoms with Crippen molar-refractivity contribution in [3.8, 4) is 5.75 Å². The van der Waals surface area contributed by atoms with Crippen LogP contribution in [0.25, 0.3) is 0 Å². The monoisotopic (exact) mass is 303 g/mol. The van der Waals surface area contributed by atoms with Crippen molar-refractivity contribution in [3.05, 3.63) is 51.7 Å². The molecule has 0 fully saturated rings. The minimum absolute atomic E-state index is 0.366. The molecule has 1 atom stereocenters. The Morgan fingerprint density at radius 3 is 2.81 bits per heavy atom. The van der Waals surface area contributed by atoms with Crippen LogP contribution in [0.2, 0.25) is 0 Å². The second kappa shape index (κ2) is 8.20. The molecule has 114 valence electrons. The Morgan fingerprint density at radius 2 is 2.14 bits per heavy atom. The second-order valence-corrected chi connectivity index (χ2v) is 6.36. The molecule has 0 saturated carbocycles. The van der Waals surface area contributed by atoms with Gasteiger partial charge in [-0.05, 0) is 50.2 Å². The lowest BCUT2D eigenvalue weighted by Gasteiger charge is -2.21. The Bertz CT molecular complexity index is 536. The molecule has 0 spiro atoms. The first-order valence-electron chi connectivity index (χ1n) is 7.65. The van der Waals surface area contributed by atoms with Gasteiger partial charge >= 0.3 is 0 Å². The van der Waals surface area contributed by atoms with E-state index in [0.717, 1.165) is 25.1 Å². The molecule has 1 aromatic heterocycles. The predicted molar refractivity (Wildman–Crippen MR) is 91.4 cm³/mol. The molecule has 0 bridgehead atoms. The molecule has 0 aliphatic heterocycles. The zero-order chi connectivity index (χ0) is 15.1. The van der Waals surface area contributed by atoms with Crippen molar-refractivity contribution >= 4 is 11.3 Å². The molecule has 0 amide bonds. The van der Waals surface area contributed by atoms with Gasteiger partial charge in [-0.15, -0.1) is 11.3 Å². The number of nitrogens with one attached hydrogen (secondary N) is 1. The molecule has 3 heteroatoms. The second-order valence-electron chi connectivity index (χ2n) is 5.33. The lowest BCUT2D eigenvalue weighted by Crippen LogP contribution is -2.21. The van der Waals surface area contributed by atoms with Gasteiger partial charge in [0.05, 0.1) is 7.11 Å². The number of thiophene rings is 1. The Kier molecular flexibility index (Phi) is 6.27. The van der Waals surface area contributed by atoms with Crippen molar-refractivity contribution in [1.82, 2.24) is 5.32 Å². The van der Waals surface area contributed by atoms with Gasteiger partial charge in [-0.1, -0.05) is 30.7 Å². The van der Waals surface area contributed by atoms with Gasteiger partial charge in [0, 0.05) is 16.5 Å². The molecule has 1 N–H and O–H groups in total. The van der Waals surface area contributed by atoms with Gasteiger partial charge in [-0.25, -0.2) is 0 Å². The highest BCUT2D eigenvalue weighted by atomic mass is 32.1. The average molecular weight is 303 g/mol. The summed E-state index contributed by atoms with van der Waals surface area (Å²) in [6.45, 7) is 5.27. The van der Waals surface area contributed by atoms with Crippen LogP contribution in [-0.2, 0) is 6.42 Å². The van der Waals surface area contributed by atoms with Gasteiger partial charge in [-0.3, -0.25) is 0 Å². The molecule has 0 saturated heterocycles. The maximum atomic E-state index is 5.54. The summed E-state index contributed by atoms with van der Waals surface area (Å²) in [5.41, 5.74) is 2.57. The highest BCUT2D eigenvalue weighted by Crippen LogP contribution is 2.29. The van der Waals surface area contributed by atoms with Crippen LogP contribution in [0, 0.1) is 6.92 Å². The molecule has 0 radical (unpaired) electrons. The molecule has 0 aliphatic rings. The third kappa shape index (κ3) is 4.58. The first-order chi connectivity index (χ1) is 10.2. The molecule has 0 aliphatic carbocycles. The van der Waals surface area contributed by atoms with Crippen LogP contribution in [0.4, 0.5) is 0 Å². The summed E-state index contributed by atoms with van der Waals surface area (Å²) in [6, 6.07) is 11.2. The molecule has 2 aromatic rings. The molecule has 1 aromatic carbocycles. The summed E-state index contributed by atoms with van der Waals surface area (Å²) in [7, 11) is 1.75. The van der Waals surface area contributed by atoms with Gasteiger partial charge < -0.3 is 10.1 Å². The van der Waals surface area contributed by atoms with E-state index >= 15 is 0 Å². The van der Waals surface area contributed by atoms with E-state index in [2.05, 4.69) is 54.9 Å². The van der Waals surface area contributed by atoms with Crippen molar-refractivity contribution in [3.63, 3.8) is 0 Å². The van der Waals surface area contributed by atoms with Crippen molar-refractivity contribution in [1.29, 1.82) is 0 Å². The number of hydrogen-bond donors (Lipinski definition) is 1. The van der Waals surface area contributed by atoms with E-state index in [4.69, 9.17) is 4.74 Å². The van der Waals surface area contributed by atoms with Gasteiger partial charge in [0.1, 0.15) is 5.75 Å². The third-order valence-corrected chi connectivity index (χ3v) is 4.64. The van der Waals surface area contributed by atoms with Gasteiger partial charge in [0.15, 0.2) is 0 Å². The molecule has 1 heterocycles. The Balaban J connectivity index is 2.05. The maximum Gasteiger partial charge on any atom is 0.123 e. The van der Waals surface area contributed by atoms with Gasteiger partial charge in [0.2, 0.25) is 0 Å². The SMILES string of the molecule is CCNC(CCCc1cccs1)c1cc(C)ccc1OC. The lowest BCUT2D eigenvalue weighted by molar-refractivity contribution is 0.394. The molecule has 1 unspecified atom stereocenters. The Hall–Kier alpha value is -1.32. The lowest BCUT2D eigenvalue weighted by atomic mass is 9.98. The fraction of sp³-hybridized carbons (Fsp3) is 0.444. The van der Waals surface area contributed by atoms with Crippen molar-refractivity contribution in [2.75, 3.05) is 13.7 Å². The number of aryl methyl sites for hydroxylation is 2. The summed E-state index contributed by atoms with van der Waals surface area (Å²) in [5, 5.41) is 5.76. The van der Waals surface area contributed by atoms with E-state index in [9.17, 15) is 0 Å². The van der Waals surface area contributed by atoms with Crippen LogP contribution < -0.4 is 10.1 Å². The largest absolute Gasteiger partial charge is 0.496 e. The van der Waals surface area contributed by atoms with E-state index in [1.54, 1.807) is 7.11 Å². The fourth-order valence-corrected chi connectivity index (χ4v) is 3.43. The third-order valence-electron chi connectivity index (χ3n) is 3.71. The molecular formula is C18H25NOS. The smallest absolute Gasteiger partial charge is 0.123 e. The van der Waals surface area contributed by atoms with Crippen LogP contribution in [0.15, 0.2) is 35.7 Å². The number of methoxy groups -OCH3 is 1. The Labute approximate surface area is 132 Å². The van der Waals surface area contributed by atoms with Crippen LogP contribution in [0.1, 0.15) is 41.8 Å². The normalized spacial score (nSPS) is 12.3. The minimum atomic E-state index is 0.366. The summed E-state index contributed by atoms with van der Waals surface area (Å²) >= 11 is 1.85. The van der Waals surface area contributed by atoms with Crippen molar-refractivity contribution < 1.29 is 4.74 Å². The molecule has 2 nitrogen and oxygen atoms in total. The highest BCUT2D eigenvalue weighted by Gasteiger charge is 2.15. The van der Waals surface area contributed by atoms with Crippen LogP contribution >= 0.6 is 11.3 Å². The topological polar surface area (TPSA) is 21.3 Å². The number of rotatable bonds is 8. The average Bonchev–Trinajstić information content (AvgIpc) is 2.99. The highest BCUT2D eigenvalue weighted by molar-refractivity contribution is 7.09. The maximum absolute atomic E-state index is 5.54. The van der Waals surface area contributed by atoms with Crippen molar-refractivity contribution in [2.24, 2.45) is 0 Å². The number of ether oxygens (including phenoxy) is 1. The number of hydrogen-bond acceptors (Lipinski definition) is 3. The molecule has 21 heavy (non-hydrogen) atoms. The fourth-order valence-electron chi connectivity index (χ4n) is 2.68. The first-order valence-corrected chi connectivity index (χ1v) is 8.53. The van der Waals surface area contributed by atoms with E-state index in [0.29, 0.717) is 6.04 Å². The summed E-state index contributed by atoms with van der Waals surface area (Å²) in [4.78, 5) is 1.47. The van der Waals surface area contributed by atoms with E-state index in [1.165, 1.54) is 22.4 Å². The van der Waals surface area contributed by atoms with Crippen molar-refractivity contribution in [2.45, 2.75) is 39.2 Å². The zero-order valence-corrected chi connectivity index (χ0v) is 14.0. The van der Waals surface area contributed by atoms with E-state index in [-0.39, 0.29) is 0 Å². The van der Waals surface area contributed by atoms with E-state index < -0.39 is 0 Å². The van der Waals surface area contributed by atoms with Crippen LogP contribution in [0.5, 0.6) is 5.75 Å².